The number of methoxy groups -OCH3 is 1. The Morgan fingerprint density at radius 3 is 2.27 bits per heavy atom. The number of nitrogens with zero attached hydrogens (tertiary/aromatic N) is 2. The molecule has 1 aliphatic heterocycles. The predicted molar refractivity (Wildman–Crippen MR) is 142 cm³/mol. The number of thioether (sulfide) groups is 1. The highest BCUT2D eigenvalue weighted by molar-refractivity contribution is 9.10. The number of aliphatic imine (C=N–C) groups is 2. The number of rotatable bonds is 5. The van der Waals surface area contributed by atoms with Gasteiger partial charge in [-0.3, -0.25) is 9.79 Å². The van der Waals surface area contributed by atoms with Crippen LogP contribution in [0.1, 0.15) is 23.1 Å². The summed E-state index contributed by atoms with van der Waals surface area (Å²) < 4.78 is 6.26. The van der Waals surface area contributed by atoms with Crippen LogP contribution in [0.4, 0.5) is 17.1 Å². The fourth-order valence-corrected chi connectivity index (χ4v) is 4.42. The molecular formula is C26H24BrN3O2S. The molecule has 0 aromatic heterocycles. The normalized spacial score (nSPS) is 12.8. The molecule has 0 unspecified atom stereocenters. The topological polar surface area (TPSA) is 63.1 Å². The van der Waals surface area contributed by atoms with Crippen molar-refractivity contribution in [3.05, 3.63) is 81.8 Å². The van der Waals surface area contributed by atoms with Gasteiger partial charge in [0.2, 0.25) is 5.91 Å². The lowest BCUT2D eigenvalue weighted by Gasteiger charge is -2.09. The van der Waals surface area contributed by atoms with Gasteiger partial charge in [0.25, 0.3) is 0 Å². The average Bonchev–Trinajstić information content (AvgIpc) is 2.98. The van der Waals surface area contributed by atoms with E-state index in [1.807, 2.05) is 48.5 Å². The molecule has 168 valence electrons. The molecule has 3 aromatic carbocycles. The number of aryl methyl sites for hydroxylation is 2. The molecule has 0 radical (unpaired) electrons. The van der Waals surface area contributed by atoms with Gasteiger partial charge in [0.15, 0.2) is 0 Å². The smallest absolute Gasteiger partial charge is 0.234 e. The highest BCUT2D eigenvalue weighted by atomic mass is 79.9. The third-order valence-corrected chi connectivity index (χ3v) is 6.84. The maximum absolute atomic E-state index is 12.5. The first-order valence-electron chi connectivity index (χ1n) is 10.5. The van der Waals surface area contributed by atoms with Gasteiger partial charge < -0.3 is 10.1 Å². The van der Waals surface area contributed by atoms with Gasteiger partial charge >= 0.3 is 0 Å². The second-order valence-electron chi connectivity index (χ2n) is 7.74. The summed E-state index contributed by atoms with van der Waals surface area (Å²) in [6, 6.07) is 19.5. The van der Waals surface area contributed by atoms with E-state index in [-0.39, 0.29) is 11.7 Å². The molecule has 5 nitrogen and oxygen atoms in total. The van der Waals surface area contributed by atoms with E-state index >= 15 is 0 Å². The Morgan fingerprint density at radius 1 is 1.00 bits per heavy atom. The van der Waals surface area contributed by atoms with E-state index in [4.69, 9.17) is 14.7 Å². The number of ether oxygens (including phenoxy) is 1. The number of nitrogens with one attached hydrogen (secondary N) is 1. The van der Waals surface area contributed by atoms with Gasteiger partial charge in [-0.25, -0.2) is 4.99 Å². The molecular weight excluding hydrogens is 498 g/mol. The summed E-state index contributed by atoms with van der Waals surface area (Å²) in [5.41, 5.74) is 6.71. The molecule has 7 heteroatoms. The lowest BCUT2D eigenvalue weighted by molar-refractivity contribution is -0.113. The molecule has 33 heavy (non-hydrogen) atoms. The lowest BCUT2D eigenvalue weighted by atomic mass is 10.1. The molecule has 0 fully saturated rings. The van der Waals surface area contributed by atoms with Crippen LogP contribution >= 0.6 is 27.7 Å². The van der Waals surface area contributed by atoms with E-state index in [0.717, 1.165) is 49.2 Å². The molecule has 0 aliphatic carbocycles. The second-order valence-corrected chi connectivity index (χ2v) is 9.70. The molecule has 3 aromatic rings. The Kier molecular flexibility index (Phi) is 7.30. The molecule has 0 saturated heterocycles. The summed E-state index contributed by atoms with van der Waals surface area (Å²) in [7, 11) is 1.65. The Balaban J connectivity index is 1.57. The largest absolute Gasteiger partial charge is 0.497 e. The van der Waals surface area contributed by atoms with Crippen LogP contribution in [0.15, 0.2) is 75.1 Å². The van der Waals surface area contributed by atoms with Crippen LogP contribution < -0.4 is 10.1 Å². The molecule has 1 aliphatic rings. The molecule has 1 N–H and O–H groups in total. The van der Waals surface area contributed by atoms with Crippen molar-refractivity contribution in [1.29, 1.82) is 0 Å². The number of halogens is 1. The highest BCUT2D eigenvalue weighted by Crippen LogP contribution is 2.36. The molecule has 0 spiro atoms. The Bertz CT molecular complexity index is 1240. The fourth-order valence-electron chi connectivity index (χ4n) is 3.38. The fraction of sp³-hybridized carbons (Fsp3) is 0.192. The number of carbonyl (C=O) groups is 1. The van der Waals surface area contributed by atoms with Crippen molar-refractivity contribution in [2.24, 2.45) is 9.98 Å². The van der Waals surface area contributed by atoms with Crippen molar-refractivity contribution in [3.63, 3.8) is 0 Å². The van der Waals surface area contributed by atoms with Crippen LogP contribution in [0.25, 0.3) is 0 Å². The summed E-state index contributed by atoms with van der Waals surface area (Å²) in [5.74, 6) is 0.996. The first-order valence-corrected chi connectivity index (χ1v) is 12.3. The van der Waals surface area contributed by atoms with Crippen molar-refractivity contribution in [1.82, 2.24) is 0 Å². The molecule has 0 atom stereocenters. The predicted octanol–water partition coefficient (Wildman–Crippen LogP) is 7.00. The zero-order valence-corrected chi connectivity index (χ0v) is 21.1. The van der Waals surface area contributed by atoms with Crippen molar-refractivity contribution >= 4 is 61.4 Å². The van der Waals surface area contributed by atoms with Crippen LogP contribution in [0.3, 0.4) is 0 Å². The standard InChI is InChI=1S/C26H24BrN3O2S/c1-16-12-23-24(13-17(16)2)30-26(14-22(29-23)18-4-10-21(32-3)11-5-18)33-15-25(31)28-20-8-6-19(27)7-9-20/h4-13H,14-15H2,1-3H3,(H,28,31). The van der Waals surface area contributed by atoms with Crippen molar-refractivity contribution in [2.45, 2.75) is 20.3 Å². The number of amides is 1. The quantitative estimate of drug-likeness (QED) is 0.393. The average molecular weight is 522 g/mol. The number of hydrogen-bond acceptors (Lipinski definition) is 5. The molecule has 1 heterocycles. The summed E-state index contributed by atoms with van der Waals surface area (Å²) in [4.78, 5) is 22.4. The minimum absolute atomic E-state index is 0.0717. The van der Waals surface area contributed by atoms with Crippen molar-refractivity contribution in [2.75, 3.05) is 18.2 Å². The van der Waals surface area contributed by atoms with E-state index in [1.54, 1.807) is 7.11 Å². The van der Waals surface area contributed by atoms with Gasteiger partial charge in [-0.15, -0.1) is 11.8 Å². The Labute approximate surface area is 206 Å². The first kappa shape index (κ1) is 23.3. The van der Waals surface area contributed by atoms with Crippen LogP contribution in [0.2, 0.25) is 0 Å². The lowest BCUT2D eigenvalue weighted by Crippen LogP contribution is -2.16. The van der Waals surface area contributed by atoms with Crippen molar-refractivity contribution in [3.8, 4) is 5.75 Å². The summed E-state index contributed by atoms with van der Waals surface area (Å²) in [5, 5.41) is 3.79. The van der Waals surface area contributed by atoms with Gasteiger partial charge in [-0.2, -0.15) is 0 Å². The number of fused-ring (bicyclic) bond motifs is 1. The van der Waals surface area contributed by atoms with E-state index in [1.165, 1.54) is 17.3 Å². The summed E-state index contributed by atoms with van der Waals surface area (Å²) >= 11 is 4.85. The van der Waals surface area contributed by atoms with Gasteiger partial charge in [0.1, 0.15) is 5.75 Å². The maximum Gasteiger partial charge on any atom is 0.234 e. The summed E-state index contributed by atoms with van der Waals surface area (Å²) in [6.07, 6.45) is 0.551. The van der Waals surface area contributed by atoms with Crippen LogP contribution in [-0.4, -0.2) is 29.5 Å². The van der Waals surface area contributed by atoms with Gasteiger partial charge in [-0.05, 0) is 91.2 Å². The van der Waals surface area contributed by atoms with Crippen LogP contribution in [0.5, 0.6) is 5.75 Å². The monoisotopic (exact) mass is 521 g/mol. The third kappa shape index (κ3) is 5.92. The van der Waals surface area contributed by atoms with E-state index in [2.05, 4.69) is 47.2 Å². The van der Waals surface area contributed by atoms with Crippen LogP contribution in [0, 0.1) is 13.8 Å². The maximum atomic E-state index is 12.5. The Morgan fingerprint density at radius 2 is 1.64 bits per heavy atom. The van der Waals surface area contributed by atoms with Crippen LogP contribution in [-0.2, 0) is 4.79 Å². The number of anilines is 1. The number of benzene rings is 3. The first-order chi connectivity index (χ1) is 15.9. The third-order valence-electron chi connectivity index (χ3n) is 5.33. The SMILES string of the molecule is COc1ccc(C2=Nc3cc(C)c(C)cc3N=C(SCC(=O)Nc3ccc(Br)cc3)C2)cc1. The van der Waals surface area contributed by atoms with Gasteiger partial charge in [-0.1, -0.05) is 15.9 Å². The van der Waals surface area contributed by atoms with Crippen molar-refractivity contribution < 1.29 is 9.53 Å². The van der Waals surface area contributed by atoms with Gasteiger partial charge in [0.05, 0.1) is 35.0 Å². The second kappa shape index (κ2) is 10.4. The van der Waals surface area contributed by atoms with Gasteiger partial charge in [0, 0.05) is 16.6 Å². The molecule has 0 bridgehead atoms. The Hall–Kier alpha value is -2.90. The van der Waals surface area contributed by atoms with E-state index in [9.17, 15) is 4.79 Å². The zero-order valence-electron chi connectivity index (χ0n) is 18.7. The number of hydrogen-bond donors (Lipinski definition) is 1. The highest BCUT2D eigenvalue weighted by Gasteiger charge is 2.18. The minimum Gasteiger partial charge on any atom is -0.497 e. The molecule has 4 rings (SSSR count). The molecule has 1 amide bonds. The minimum atomic E-state index is -0.0717. The van der Waals surface area contributed by atoms with E-state index in [0.29, 0.717) is 6.42 Å². The summed E-state index contributed by atoms with van der Waals surface area (Å²) in [6.45, 7) is 4.15. The molecule has 0 saturated carbocycles. The number of carbonyl (C=O) groups excluding carboxylic acids is 1. The van der Waals surface area contributed by atoms with E-state index < -0.39 is 0 Å². The zero-order chi connectivity index (χ0) is 23.4.